The van der Waals surface area contributed by atoms with Gasteiger partial charge in [0, 0.05) is 31.2 Å². The van der Waals surface area contributed by atoms with Gasteiger partial charge in [0.1, 0.15) is 0 Å². The van der Waals surface area contributed by atoms with Crippen molar-refractivity contribution in [1.82, 2.24) is 10.2 Å². The van der Waals surface area contributed by atoms with Gasteiger partial charge in [0.2, 0.25) is 5.91 Å². The lowest BCUT2D eigenvalue weighted by Crippen LogP contribution is -2.51. The van der Waals surface area contributed by atoms with Crippen LogP contribution in [-0.4, -0.2) is 49.2 Å². The zero-order chi connectivity index (χ0) is 19.3. The third-order valence-corrected chi connectivity index (χ3v) is 4.77. The van der Waals surface area contributed by atoms with E-state index in [0.29, 0.717) is 13.2 Å². The molecule has 26 heavy (non-hydrogen) atoms. The number of ether oxygens (including phenoxy) is 1. The van der Waals surface area contributed by atoms with Crippen molar-refractivity contribution < 1.29 is 22.7 Å². The Kier molecular flexibility index (Phi) is 7.08. The lowest BCUT2D eigenvalue weighted by Gasteiger charge is -2.35. The van der Waals surface area contributed by atoms with Crippen molar-refractivity contribution in [3.05, 3.63) is 40.4 Å². The van der Waals surface area contributed by atoms with Crippen molar-refractivity contribution >= 4 is 23.6 Å². The quantitative estimate of drug-likeness (QED) is 0.781. The minimum atomic E-state index is -4.54. The van der Waals surface area contributed by atoms with Gasteiger partial charge in [0.05, 0.1) is 23.8 Å². The van der Waals surface area contributed by atoms with Crippen LogP contribution >= 0.6 is 11.6 Å². The summed E-state index contributed by atoms with van der Waals surface area (Å²) in [6.45, 7) is 6.88. The van der Waals surface area contributed by atoms with Gasteiger partial charge in [-0.1, -0.05) is 17.7 Å². The van der Waals surface area contributed by atoms with E-state index in [2.05, 4.69) is 10.2 Å². The van der Waals surface area contributed by atoms with Gasteiger partial charge in [-0.15, -0.1) is 0 Å². The van der Waals surface area contributed by atoms with Crippen LogP contribution < -0.4 is 5.32 Å². The van der Waals surface area contributed by atoms with Crippen LogP contribution in [-0.2, 0) is 15.7 Å². The fraction of sp³-hybridized carbons (Fsp3) is 0.500. The highest BCUT2D eigenvalue weighted by Gasteiger charge is 2.33. The molecular formula is C18H22ClF3N2O2. The molecule has 0 saturated carbocycles. The highest BCUT2D eigenvalue weighted by atomic mass is 35.5. The Labute approximate surface area is 155 Å². The Bertz CT molecular complexity index is 658. The molecule has 0 spiro atoms. The zero-order valence-corrected chi connectivity index (χ0v) is 15.4. The van der Waals surface area contributed by atoms with Crippen LogP contribution in [0.3, 0.4) is 0 Å². The third-order valence-electron chi connectivity index (χ3n) is 4.44. The maximum Gasteiger partial charge on any atom is 0.417 e. The van der Waals surface area contributed by atoms with Gasteiger partial charge in [0.15, 0.2) is 0 Å². The summed E-state index contributed by atoms with van der Waals surface area (Å²) in [7, 11) is 0. The number of nitrogens with one attached hydrogen (secondary N) is 1. The van der Waals surface area contributed by atoms with Gasteiger partial charge >= 0.3 is 6.18 Å². The van der Waals surface area contributed by atoms with Crippen molar-refractivity contribution in [2.24, 2.45) is 0 Å². The first-order chi connectivity index (χ1) is 12.2. The summed E-state index contributed by atoms with van der Waals surface area (Å²) in [5.74, 6) is -0.360. The molecule has 144 valence electrons. The molecular weight excluding hydrogens is 369 g/mol. The van der Waals surface area contributed by atoms with E-state index in [1.54, 1.807) is 0 Å². The van der Waals surface area contributed by atoms with Crippen LogP contribution in [0.15, 0.2) is 24.3 Å². The van der Waals surface area contributed by atoms with E-state index in [-0.39, 0.29) is 28.6 Å². The summed E-state index contributed by atoms with van der Waals surface area (Å²) >= 11 is 5.58. The fourth-order valence-electron chi connectivity index (χ4n) is 2.73. The van der Waals surface area contributed by atoms with Crippen molar-refractivity contribution in [2.75, 3.05) is 26.3 Å². The molecule has 0 aliphatic carbocycles. The second-order valence-corrected chi connectivity index (χ2v) is 6.66. The molecule has 1 N–H and O–H groups in total. The number of hydrogen-bond donors (Lipinski definition) is 1. The minimum absolute atomic E-state index is 0.110. The first-order valence-electron chi connectivity index (χ1n) is 8.35. The van der Waals surface area contributed by atoms with Crippen LogP contribution in [0.4, 0.5) is 13.2 Å². The van der Waals surface area contributed by atoms with E-state index >= 15 is 0 Å². The van der Waals surface area contributed by atoms with Crippen molar-refractivity contribution in [1.29, 1.82) is 0 Å². The lowest BCUT2D eigenvalue weighted by molar-refractivity contribution is -0.137. The van der Waals surface area contributed by atoms with Crippen LogP contribution in [0, 0.1) is 0 Å². The van der Waals surface area contributed by atoms with Crippen molar-refractivity contribution in [3.8, 4) is 0 Å². The van der Waals surface area contributed by atoms with Crippen LogP contribution in [0.5, 0.6) is 0 Å². The predicted octanol–water partition coefficient (Wildman–Crippen LogP) is 3.60. The van der Waals surface area contributed by atoms with Gasteiger partial charge < -0.3 is 10.1 Å². The van der Waals surface area contributed by atoms with E-state index in [9.17, 15) is 18.0 Å². The molecule has 1 aliphatic heterocycles. The maximum absolute atomic E-state index is 12.9. The number of carbonyl (C=O) groups is 1. The molecule has 1 heterocycles. The molecule has 8 heteroatoms. The Hall–Kier alpha value is -1.57. The molecule has 2 atom stereocenters. The Morgan fingerprint density at radius 2 is 1.96 bits per heavy atom. The van der Waals surface area contributed by atoms with Gasteiger partial charge in [-0.2, -0.15) is 13.2 Å². The van der Waals surface area contributed by atoms with Gasteiger partial charge in [-0.05, 0) is 37.6 Å². The first-order valence-corrected chi connectivity index (χ1v) is 8.73. The second-order valence-electron chi connectivity index (χ2n) is 6.26. The van der Waals surface area contributed by atoms with Crippen LogP contribution in [0.25, 0.3) is 6.08 Å². The SMILES string of the molecule is CC(NC(=O)/C=C/c1ccc(Cl)c(C(F)(F)F)c1)C(C)N1CCOCC1. The Morgan fingerprint density at radius 1 is 1.31 bits per heavy atom. The average molecular weight is 391 g/mol. The topological polar surface area (TPSA) is 41.6 Å². The summed E-state index contributed by atoms with van der Waals surface area (Å²) in [6.07, 6.45) is -1.97. The number of hydrogen-bond acceptors (Lipinski definition) is 3. The normalized spacial score (nSPS) is 18.7. The Balaban J connectivity index is 1.96. The number of morpholine rings is 1. The van der Waals surface area contributed by atoms with Gasteiger partial charge in [-0.3, -0.25) is 9.69 Å². The zero-order valence-electron chi connectivity index (χ0n) is 14.6. The van der Waals surface area contributed by atoms with E-state index in [0.717, 1.165) is 19.2 Å². The van der Waals surface area contributed by atoms with E-state index in [4.69, 9.17) is 16.3 Å². The van der Waals surface area contributed by atoms with Crippen LogP contribution in [0.1, 0.15) is 25.0 Å². The second kappa shape index (κ2) is 8.88. The minimum Gasteiger partial charge on any atom is -0.379 e. The van der Waals surface area contributed by atoms with E-state index in [1.165, 1.54) is 24.3 Å². The highest BCUT2D eigenvalue weighted by Crippen LogP contribution is 2.35. The standard InChI is InChI=1S/C18H22ClF3N2O2/c1-12(13(2)24-7-9-26-10-8-24)23-17(25)6-4-14-3-5-16(19)15(11-14)18(20,21)22/h3-6,11-13H,7-10H2,1-2H3,(H,23,25)/b6-4+. The molecule has 1 amide bonds. The molecule has 1 aliphatic rings. The summed E-state index contributed by atoms with van der Waals surface area (Å²) in [5, 5.41) is 2.48. The number of benzene rings is 1. The first kappa shape index (κ1) is 20.7. The maximum atomic E-state index is 12.9. The Morgan fingerprint density at radius 3 is 2.58 bits per heavy atom. The average Bonchev–Trinajstić information content (AvgIpc) is 2.60. The number of rotatable bonds is 5. The number of halogens is 4. The molecule has 4 nitrogen and oxygen atoms in total. The summed E-state index contributed by atoms with van der Waals surface area (Å²) < 4.78 is 43.9. The van der Waals surface area contributed by atoms with Crippen molar-refractivity contribution in [3.63, 3.8) is 0 Å². The number of nitrogens with zero attached hydrogens (tertiary/aromatic N) is 1. The van der Waals surface area contributed by atoms with E-state index in [1.807, 2.05) is 13.8 Å². The molecule has 0 radical (unpaired) electrons. The number of amides is 1. The molecule has 1 saturated heterocycles. The molecule has 2 unspecified atom stereocenters. The highest BCUT2D eigenvalue weighted by molar-refractivity contribution is 6.31. The summed E-state index contributed by atoms with van der Waals surface area (Å²) in [4.78, 5) is 14.3. The third kappa shape index (κ3) is 5.72. The fourth-order valence-corrected chi connectivity index (χ4v) is 2.95. The largest absolute Gasteiger partial charge is 0.417 e. The van der Waals surface area contributed by atoms with Gasteiger partial charge in [0.25, 0.3) is 0 Å². The molecule has 0 bridgehead atoms. The smallest absolute Gasteiger partial charge is 0.379 e. The predicted molar refractivity (Wildman–Crippen MR) is 94.9 cm³/mol. The van der Waals surface area contributed by atoms with Crippen LogP contribution in [0.2, 0.25) is 5.02 Å². The molecule has 1 fully saturated rings. The summed E-state index contributed by atoms with van der Waals surface area (Å²) in [5.41, 5.74) is -0.665. The lowest BCUT2D eigenvalue weighted by atomic mass is 10.1. The molecule has 1 aromatic rings. The number of alkyl halides is 3. The molecule has 1 aromatic carbocycles. The van der Waals surface area contributed by atoms with Crippen molar-refractivity contribution in [2.45, 2.75) is 32.1 Å². The van der Waals surface area contributed by atoms with Gasteiger partial charge in [-0.25, -0.2) is 0 Å². The molecule has 2 rings (SSSR count). The summed E-state index contributed by atoms with van der Waals surface area (Å²) in [6, 6.07) is 3.54. The molecule has 0 aromatic heterocycles. The monoisotopic (exact) mass is 390 g/mol. The van der Waals surface area contributed by atoms with E-state index < -0.39 is 11.7 Å². The number of carbonyl (C=O) groups excluding carboxylic acids is 1.